The fourth-order valence-corrected chi connectivity index (χ4v) is 3.94. The zero-order valence-corrected chi connectivity index (χ0v) is 18.4. The first kappa shape index (κ1) is 20.2. The smallest absolute Gasteiger partial charge is 0.261 e. The van der Waals surface area contributed by atoms with Crippen molar-refractivity contribution in [2.45, 2.75) is 6.04 Å². The van der Waals surface area contributed by atoms with E-state index in [2.05, 4.69) is 37.7 Å². The van der Waals surface area contributed by atoms with E-state index in [0.717, 1.165) is 21.3 Å². The summed E-state index contributed by atoms with van der Waals surface area (Å²) in [6.45, 7) is 0. The number of fused-ring (bicyclic) bond motifs is 1. The maximum atomic E-state index is 13.2. The molecule has 1 aliphatic rings. The molecule has 2 heterocycles. The van der Waals surface area contributed by atoms with Gasteiger partial charge in [0.15, 0.2) is 0 Å². The molecule has 0 unspecified atom stereocenters. The van der Waals surface area contributed by atoms with Gasteiger partial charge in [-0.3, -0.25) is 4.79 Å². The molecule has 0 aliphatic carbocycles. The van der Waals surface area contributed by atoms with Crippen LogP contribution in [0.1, 0.15) is 27.5 Å². The lowest BCUT2D eigenvalue weighted by Gasteiger charge is -2.26. The van der Waals surface area contributed by atoms with Crippen molar-refractivity contribution in [1.29, 1.82) is 0 Å². The Kier molecular flexibility index (Phi) is 5.33. The standard InChI is InChI=1S/C25H18BrFN4O/c26-18-8-6-16(7-9-18)22-14-23(17-4-2-1-3-5-17)31-24(30-22)21(15-28-31)25(32)29-20-12-10-19(27)11-13-20/h1-15,23,30H,(H,29,32)/t23-/m0/s1. The SMILES string of the molecule is O=C(Nc1ccc(F)cc1)c1cnn2c1NC(c1ccc(Br)cc1)=C[C@H]2c1ccccc1. The predicted molar refractivity (Wildman–Crippen MR) is 127 cm³/mol. The summed E-state index contributed by atoms with van der Waals surface area (Å²) in [5.41, 5.74) is 3.84. The lowest BCUT2D eigenvalue weighted by Crippen LogP contribution is -2.22. The van der Waals surface area contributed by atoms with Crippen LogP contribution in [0.15, 0.2) is 95.6 Å². The van der Waals surface area contributed by atoms with Crippen molar-refractivity contribution < 1.29 is 9.18 Å². The van der Waals surface area contributed by atoms with E-state index in [1.165, 1.54) is 24.3 Å². The molecule has 5 rings (SSSR count). The van der Waals surface area contributed by atoms with Gasteiger partial charge in [-0.25, -0.2) is 9.07 Å². The minimum absolute atomic E-state index is 0.182. The summed E-state index contributed by atoms with van der Waals surface area (Å²) < 4.78 is 16.0. The quantitative estimate of drug-likeness (QED) is 0.365. The second-order valence-corrected chi connectivity index (χ2v) is 8.30. The van der Waals surface area contributed by atoms with Gasteiger partial charge in [-0.1, -0.05) is 58.4 Å². The van der Waals surface area contributed by atoms with Gasteiger partial charge in [0, 0.05) is 15.9 Å². The molecule has 1 aromatic heterocycles. The fourth-order valence-electron chi connectivity index (χ4n) is 3.68. The Morgan fingerprint density at radius 2 is 1.72 bits per heavy atom. The molecule has 4 aromatic rings. The van der Waals surface area contributed by atoms with Crippen LogP contribution < -0.4 is 10.6 Å². The third-order valence-electron chi connectivity index (χ3n) is 5.28. The van der Waals surface area contributed by atoms with E-state index >= 15 is 0 Å². The van der Waals surface area contributed by atoms with E-state index in [-0.39, 0.29) is 17.8 Å². The van der Waals surface area contributed by atoms with Gasteiger partial charge < -0.3 is 10.6 Å². The Labute approximate surface area is 192 Å². The van der Waals surface area contributed by atoms with Gasteiger partial charge in [0.25, 0.3) is 5.91 Å². The molecule has 1 atom stereocenters. The van der Waals surface area contributed by atoms with Gasteiger partial charge in [0.2, 0.25) is 0 Å². The summed E-state index contributed by atoms with van der Waals surface area (Å²) in [7, 11) is 0. The van der Waals surface area contributed by atoms with E-state index in [1.54, 1.807) is 10.9 Å². The molecule has 0 fully saturated rings. The molecule has 158 valence electrons. The second-order valence-electron chi connectivity index (χ2n) is 7.38. The number of anilines is 2. The monoisotopic (exact) mass is 488 g/mol. The molecule has 3 aromatic carbocycles. The number of hydrogen-bond acceptors (Lipinski definition) is 3. The molecule has 0 radical (unpaired) electrons. The molecule has 1 amide bonds. The van der Waals surface area contributed by atoms with E-state index in [9.17, 15) is 9.18 Å². The maximum absolute atomic E-state index is 13.2. The molecule has 0 saturated carbocycles. The number of allylic oxidation sites excluding steroid dienone is 1. The third kappa shape index (κ3) is 3.94. The summed E-state index contributed by atoms with van der Waals surface area (Å²) in [5.74, 6) is -0.0873. The topological polar surface area (TPSA) is 59.0 Å². The minimum Gasteiger partial charge on any atom is -0.339 e. The van der Waals surface area contributed by atoms with E-state index in [0.29, 0.717) is 17.1 Å². The Morgan fingerprint density at radius 3 is 2.44 bits per heavy atom. The van der Waals surface area contributed by atoms with Crippen LogP contribution in [0.25, 0.3) is 5.70 Å². The number of rotatable bonds is 4. The Hall–Kier alpha value is -3.71. The van der Waals surface area contributed by atoms with Crippen LogP contribution in [0.4, 0.5) is 15.9 Å². The molecule has 5 nitrogen and oxygen atoms in total. The summed E-state index contributed by atoms with van der Waals surface area (Å²) >= 11 is 3.47. The van der Waals surface area contributed by atoms with Crippen LogP contribution in [-0.4, -0.2) is 15.7 Å². The van der Waals surface area contributed by atoms with E-state index in [1.807, 2.05) is 54.6 Å². The Morgan fingerprint density at radius 1 is 1.00 bits per heavy atom. The summed E-state index contributed by atoms with van der Waals surface area (Å²) in [6.07, 6.45) is 3.65. The van der Waals surface area contributed by atoms with E-state index in [4.69, 9.17) is 0 Å². The van der Waals surface area contributed by atoms with Gasteiger partial charge >= 0.3 is 0 Å². The largest absolute Gasteiger partial charge is 0.339 e. The first-order chi connectivity index (χ1) is 15.6. The first-order valence-electron chi connectivity index (χ1n) is 10.0. The normalized spacial score (nSPS) is 14.8. The van der Waals surface area contributed by atoms with Gasteiger partial charge in [-0.15, -0.1) is 0 Å². The second kappa shape index (κ2) is 8.43. The number of benzene rings is 3. The summed E-state index contributed by atoms with van der Waals surface area (Å²) in [4.78, 5) is 13.0. The van der Waals surface area contributed by atoms with Crippen LogP contribution in [0.5, 0.6) is 0 Å². The maximum Gasteiger partial charge on any atom is 0.261 e. The van der Waals surface area contributed by atoms with Crippen molar-refractivity contribution >= 4 is 39.0 Å². The van der Waals surface area contributed by atoms with Crippen molar-refractivity contribution in [3.63, 3.8) is 0 Å². The molecule has 2 N–H and O–H groups in total. The Bertz CT molecular complexity index is 1300. The van der Waals surface area contributed by atoms with Crippen molar-refractivity contribution in [2.24, 2.45) is 0 Å². The molecule has 0 bridgehead atoms. The average molecular weight is 489 g/mol. The van der Waals surface area contributed by atoms with Gasteiger partial charge in [-0.2, -0.15) is 5.10 Å². The number of amides is 1. The Balaban J connectivity index is 1.54. The van der Waals surface area contributed by atoms with Crippen LogP contribution in [0, 0.1) is 5.82 Å². The number of hydrogen-bond donors (Lipinski definition) is 2. The number of nitrogens with zero attached hydrogens (tertiary/aromatic N) is 2. The van der Waals surface area contributed by atoms with Crippen LogP contribution in [-0.2, 0) is 0 Å². The average Bonchev–Trinajstić information content (AvgIpc) is 3.25. The molecule has 0 saturated heterocycles. The van der Waals surface area contributed by atoms with Crippen molar-refractivity contribution in [1.82, 2.24) is 9.78 Å². The van der Waals surface area contributed by atoms with Crippen molar-refractivity contribution in [2.75, 3.05) is 10.6 Å². The number of carbonyl (C=O) groups is 1. The van der Waals surface area contributed by atoms with Crippen LogP contribution in [0.3, 0.4) is 0 Å². The molecule has 32 heavy (non-hydrogen) atoms. The number of halogens is 2. The van der Waals surface area contributed by atoms with Gasteiger partial charge in [0.05, 0.1) is 12.2 Å². The lowest BCUT2D eigenvalue weighted by atomic mass is 10.0. The zero-order chi connectivity index (χ0) is 22.1. The highest BCUT2D eigenvalue weighted by molar-refractivity contribution is 9.10. The molecule has 1 aliphatic heterocycles. The highest BCUT2D eigenvalue weighted by Crippen LogP contribution is 2.35. The highest BCUT2D eigenvalue weighted by atomic mass is 79.9. The minimum atomic E-state index is -0.359. The summed E-state index contributed by atoms with van der Waals surface area (Å²) in [5, 5.41) is 10.7. The summed E-state index contributed by atoms with van der Waals surface area (Å²) in [6, 6.07) is 23.5. The third-order valence-corrected chi connectivity index (χ3v) is 5.81. The number of nitrogens with one attached hydrogen (secondary N) is 2. The molecule has 0 spiro atoms. The number of aromatic nitrogens is 2. The fraction of sp³-hybridized carbons (Fsp3) is 0.0400. The molecule has 7 heteroatoms. The van der Waals surface area contributed by atoms with E-state index < -0.39 is 0 Å². The lowest BCUT2D eigenvalue weighted by molar-refractivity contribution is 0.102. The predicted octanol–water partition coefficient (Wildman–Crippen LogP) is 6.09. The van der Waals surface area contributed by atoms with Gasteiger partial charge in [0.1, 0.15) is 17.2 Å². The van der Waals surface area contributed by atoms with Gasteiger partial charge in [-0.05, 0) is 53.6 Å². The molecular weight excluding hydrogens is 471 g/mol. The highest BCUT2D eigenvalue weighted by Gasteiger charge is 2.27. The first-order valence-corrected chi connectivity index (χ1v) is 10.8. The van der Waals surface area contributed by atoms with Crippen LogP contribution >= 0.6 is 15.9 Å². The van der Waals surface area contributed by atoms with Crippen molar-refractivity contribution in [3.8, 4) is 0 Å². The zero-order valence-electron chi connectivity index (χ0n) is 16.8. The molecular formula is C25H18BrFN4O. The van der Waals surface area contributed by atoms with Crippen molar-refractivity contribution in [3.05, 3.63) is 118 Å². The van der Waals surface area contributed by atoms with Crippen LogP contribution in [0.2, 0.25) is 0 Å². The number of carbonyl (C=O) groups excluding carboxylic acids is 1.